The van der Waals surface area contributed by atoms with Crippen molar-refractivity contribution in [1.82, 2.24) is 0 Å². The minimum atomic E-state index is -0.803. The summed E-state index contributed by atoms with van der Waals surface area (Å²) in [6.45, 7) is 6.35. The molecule has 0 saturated carbocycles. The van der Waals surface area contributed by atoms with Crippen LogP contribution >= 0.6 is 0 Å². The van der Waals surface area contributed by atoms with Crippen molar-refractivity contribution >= 4 is 17.9 Å². The summed E-state index contributed by atoms with van der Waals surface area (Å²) in [7, 11) is 0. The van der Waals surface area contributed by atoms with Crippen molar-refractivity contribution in [3.8, 4) is 0 Å². The van der Waals surface area contributed by atoms with Crippen molar-refractivity contribution in [2.75, 3.05) is 13.2 Å². The number of carbonyl (C=O) groups excluding carboxylic acids is 3. The molecule has 0 heterocycles. The van der Waals surface area contributed by atoms with Gasteiger partial charge in [-0.05, 0) is 135 Å². The second-order valence-corrected chi connectivity index (χ2v) is 20.9. The molecular weight excluding hydrogens is 997 g/mol. The highest BCUT2D eigenvalue weighted by Gasteiger charge is 2.19. The average Bonchev–Trinajstić information content (AvgIpc) is 3.47. The number of carbonyl (C=O) groups is 3. The molecule has 0 amide bonds. The molecule has 0 aromatic rings. The van der Waals surface area contributed by atoms with Gasteiger partial charge in [0.05, 0.1) is 0 Å². The molecule has 81 heavy (non-hydrogen) atoms. The van der Waals surface area contributed by atoms with Gasteiger partial charge in [0.2, 0.25) is 0 Å². The van der Waals surface area contributed by atoms with E-state index in [1.54, 1.807) is 0 Å². The summed E-state index contributed by atoms with van der Waals surface area (Å²) >= 11 is 0. The summed E-state index contributed by atoms with van der Waals surface area (Å²) in [5.74, 6) is -0.945. The zero-order chi connectivity index (χ0) is 58.5. The van der Waals surface area contributed by atoms with Crippen molar-refractivity contribution in [2.45, 2.75) is 271 Å². The van der Waals surface area contributed by atoms with Gasteiger partial charge in [0.1, 0.15) is 13.2 Å². The van der Waals surface area contributed by atoms with Gasteiger partial charge in [-0.1, -0.05) is 281 Å². The molecule has 6 nitrogen and oxygen atoms in total. The number of rotatable bonds is 57. The summed E-state index contributed by atoms with van der Waals surface area (Å²) in [5.41, 5.74) is 0. The zero-order valence-electron chi connectivity index (χ0n) is 52.0. The van der Waals surface area contributed by atoms with Gasteiger partial charge in [0, 0.05) is 19.3 Å². The van der Waals surface area contributed by atoms with Crippen LogP contribution in [0.1, 0.15) is 265 Å². The highest BCUT2D eigenvalue weighted by Crippen LogP contribution is 2.14. The molecule has 0 fully saturated rings. The molecule has 0 aliphatic rings. The molecule has 454 valence electrons. The van der Waals surface area contributed by atoms with E-state index in [9.17, 15) is 14.4 Å². The second-order valence-electron chi connectivity index (χ2n) is 20.9. The molecule has 0 bridgehead atoms. The Morgan fingerprint density at radius 3 is 0.753 bits per heavy atom. The Labute approximate surface area is 498 Å². The molecule has 0 aromatic carbocycles. The van der Waals surface area contributed by atoms with Gasteiger partial charge in [0.15, 0.2) is 6.10 Å². The van der Waals surface area contributed by atoms with Gasteiger partial charge in [-0.2, -0.15) is 0 Å². The first kappa shape index (κ1) is 75.8. The predicted octanol–water partition coefficient (Wildman–Crippen LogP) is 22.7. The minimum absolute atomic E-state index is 0.0972. The van der Waals surface area contributed by atoms with Crippen molar-refractivity contribution < 1.29 is 28.6 Å². The molecule has 1 unspecified atom stereocenters. The van der Waals surface area contributed by atoms with Crippen molar-refractivity contribution in [3.63, 3.8) is 0 Å². The molecule has 0 aromatic heterocycles. The second kappa shape index (κ2) is 67.3. The fourth-order valence-electron chi connectivity index (χ4n) is 8.40. The van der Waals surface area contributed by atoms with Gasteiger partial charge in [-0.25, -0.2) is 0 Å². The normalized spacial score (nSPS) is 13.3. The first-order chi connectivity index (χ1) is 40.0. The first-order valence-corrected chi connectivity index (χ1v) is 32.6. The van der Waals surface area contributed by atoms with Gasteiger partial charge in [-0.15, -0.1) is 0 Å². The van der Waals surface area contributed by atoms with Crippen molar-refractivity contribution in [1.29, 1.82) is 0 Å². The molecule has 0 aliphatic carbocycles. The van der Waals surface area contributed by atoms with E-state index in [0.717, 1.165) is 173 Å². The number of esters is 3. The largest absolute Gasteiger partial charge is 0.462 e. The molecule has 0 N–H and O–H groups in total. The van der Waals surface area contributed by atoms with Crippen LogP contribution in [0.2, 0.25) is 0 Å². The third kappa shape index (κ3) is 65.5. The van der Waals surface area contributed by atoms with Crippen molar-refractivity contribution in [3.05, 3.63) is 170 Å². The average molecular weight is 1120 g/mol. The molecule has 0 rings (SSSR count). The van der Waals surface area contributed by atoms with Gasteiger partial charge < -0.3 is 14.2 Å². The lowest BCUT2D eigenvalue weighted by atomic mass is 10.1. The van der Waals surface area contributed by atoms with E-state index < -0.39 is 6.10 Å². The molecule has 0 aliphatic heterocycles. The summed E-state index contributed by atoms with van der Waals surface area (Å²) < 4.78 is 16.8. The van der Waals surface area contributed by atoms with E-state index in [1.165, 1.54) is 51.4 Å². The SMILES string of the molecule is CC/C=C\C/C=C\C/C=C\C/C=C\C/C=C\C/C=C\C/C=C\C/C=C\C/C=C\C/C=C\CCCCCCC(=O)OCC(COC(=O)CCCCCCCCCCC)OC(=O)CCCCCCCC/C=C\C/C=C\C/C=C\C/C=C\CC. The third-order valence-corrected chi connectivity index (χ3v) is 13.2. The van der Waals surface area contributed by atoms with Gasteiger partial charge >= 0.3 is 17.9 Å². The van der Waals surface area contributed by atoms with Crippen LogP contribution < -0.4 is 0 Å². The van der Waals surface area contributed by atoms with Crippen LogP contribution in [0.4, 0.5) is 0 Å². The van der Waals surface area contributed by atoms with Crippen LogP contribution in [0.25, 0.3) is 0 Å². The van der Waals surface area contributed by atoms with E-state index in [4.69, 9.17) is 14.2 Å². The standard InChI is InChI=1S/C75H118O6/c1-4-7-10-13-16-19-21-23-25-27-29-30-31-32-33-34-35-36-37-38-39-40-41-42-43-44-46-47-49-51-53-56-59-62-65-68-74(77)80-71-72(70-79-73(76)67-64-61-58-55-18-15-12-9-6-3)81-75(78)69-66-63-60-57-54-52-50-48-45-28-26-24-22-20-17-14-11-8-5-2/h7-8,10-11,16-17,19-20,23-26,29-30,32-33,35-36,38-39,41-42,44-46,48-49,51,72H,4-6,9,12-15,18,21-22,27-28,31,34,37,40,43,47,50,52-71H2,1-3H3/b10-7-,11-8-,19-16-,20-17-,25-23-,26-24-,30-29-,33-32-,36-35-,39-38-,42-41-,46-44-,48-45-,51-49-. The summed E-state index contributed by atoms with van der Waals surface area (Å²) in [6, 6.07) is 0. The van der Waals surface area contributed by atoms with Crippen LogP contribution in [-0.4, -0.2) is 37.2 Å². The van der Waals surface area contributed by atoms with E-state index >= 15 is 0 Å². The summed E-state index contributed by atoms with van der Waals surface area (Å²) in [5, 5.41) is 0. The fraction of sp³-hybridized carbons (Fsp3) is 0.587. The Balaban J connectivity index is 4.30. The Kier molecular flexibility index (Phi) is 62.9. The van der Waals surface area contributed by atoms with E-state index in [0.29, 0.717) is 19.3 Å². The Morgan fingerprint density at radius 1 is 0.259 bits per heavy atom. The first-order valence-electron chi connectivity index (χ1n) is 32.6. The van der Waals surface area contributed by atoms with Gasteiger partial charge in [-0.3, -0.25) is 14.4 Å². The molecule has 0 spiro atoms. The monoisotopic (exact) mass is 1110 g/mol. The van der Waals surface area contributed by atoms with E-state index in [1.807, 2.05) is 0 Å². The van der Waals surface area contributed by atoms with Crippen LogP contribution in [0.15, 0.2) is 170 Å². The topological polar surface area (TPSA) is 78.9 Å². The number of unbranched alkanes of at least 4 members (excludes halogenated alkanes) is 18. The van der Waals surface area contributed by atoms with Crippen LogP contribution in [0.5, 0.6) is 0 Å². The molecule has 1 atom stereocenters. The summed E-state index contributed by atoms with van der Waals surface area (Å²) in [4.78, 5) is 38.2. The highest BCUT2D eigenvalue weighted by molar-refractivity contribution is 5.71. The number of ether oxygens (including phenoxy) is 3. The highest BCUT2D eigenvalue weighted by atomic mass is 16.6. The van der Waals surface area contributed by atoms with E-state index in [2.05, 4.69) is 191 Å². The predicted molar refractivity (Wildman–Crippen MR) is 352 cm³/mol. The van der Waals surface area contributed by atoms with Gasteiger partial charge in [0.25, 0.3) is 0 Å². The number of hydrogen-bond donors (Lipinski definition) is 0. The molecule has 6 heteroatoms. The molecule has 0 radical (unpaired) electrons. The van der Waals surface area contributed by atoms with Crippen LogP contribution in [-0.2, 0) is 28.6 Å². The maximum atomic E-state index is 12.9. The Morgan fingerprint density at radius 2 is 0.481 bits per heavy atom. The zero-order valence-corrected chi connectivity index (χ0v) is 52.0. The maximum Gasteiger partial charge on any atom is 0.306 e. The molecular formula is C75H118O6. The Hall–Kier alpha value is -5.23. The van der Waals surface area contributed by atoms with Crippen molar-refractivity contribution in [2.24, 2.45) is 0 Å². The number of allylic oxidation sites excluding steroid dienone is 28. The fourth-order valence-corrected chi connectivity index (χ4v) is 8.40. The smallest absolute Gasteiger partial charge is 0.306 e. The number of hydrogen-bond acceptors (Lipinski definition) is 6. The van der Waals surface area contributed by atoms with E-state index in [-0.39, 0.29) is 31.1 Å². The lowest BCUT2D eigenvalue weighted by Crippen LogP contribution is -2.30. The Bertz CT molecular complexity index is 1860. The minimum Gasteiger partial charge on any atom is -0.462 e. The third-order valence-electron chi connectivity index (χ3n) is 13.2. The summed E-state index contributed by atoms with van der Waals surface area (Å²) in [6.07, 6.45) is 99.4. The quantitative estimate of drug-likeness (QED) is 0.0261. The lowest BCUT2D eigenvalue weighted by molar-refractivity contribution is -0.167. The maximum absolute atomic E-state index is 12.9. The van der Waals surface area contributed by atoms with Crippen LogP contribution in [0.3, 0.4) is 0 Å². The molecule has 0 saturated heterocycles. The van der Waals surface area contributed by atoms with Crippen LogP contribution in [0, 0.1) is 0 Å². The lowest BCUT2D eigenvalue weighted by Gasteiger charge is -2.18.